The first kappa shape index (κ1) is 14.1. The molecule has 0 atom stereocenters. The topological polar surface area (TPSA) is 4.93 Å². The Hall–Kier alpha value is -0.980. The Morgan fingerprint density at radius 1 is 1.06 bits per heavy atom. The molecular formula is C16H27N. The zero-order valence-corrected chi connectivity index (χ0v) is 11.3. The summed E-state index contributed by atoms with van der Waals surface area (Å²) in [4.78, 5) is 0. The fourth-order valence-corrected chi connectivity index (χ4v) is 2.18. The molecule has 0 aliphatic heterocycles. The van der Waals surface area contributed by atoms with Crippen LogP contribution in [0.2, 0.25) is 0 Å². The fourth-order valence-electron chi connectivity index (χ4n) is 2.18. The number of nitrogens with zero attached hydrogens (tertiary/aromatic N) is 1. The molecule has 1 heterocycles. The van der Waals surface area contributed by atoms with Crippen molar-refractivity contribution in [3.05, 3.63) is 30.6 Å². The van der Waals surface area contributed by atoms with Gasteiger partial charge in [-0.2, -0.15) is 0 Å². The van der Waals surface area contributed by atoms with E-state index in [0.717, 1.165) is 0 Å². The molecule has 1 nitrogen and oxygen atoms in total. The predicted molar refractivity (Wildman–Crippen MR) is 77.1 cm³/mol. The Bertz CT molecular complexity index is 298. The van der Waals surface area contributed by atoms with Crippen molar-refractivity contribution in [1.82, 2.24) is 4.57 Å². The number of rotatable bonds is 10. The summed E-state index contributed by atoms with van der Waals surface area (Å²) in [5.41, 5.74) is 1.44. The van der Waals surface area contributed by atoms with Crippen molar-refractivity contribution >= 4 is 6.20 Å². The summed E-state index contributed by atoms with van der Waals surface area (Å²) >= 11 is 0. The normalized spacial score (nSPS) is 10.6. The summed E-state index contributed by atoms with van der Waals surface area (Å²) in [6.07, 6.45) is 18.5. The van der Waals surface area contributed by atoms with Crippen LogP contribution >= 0.6 is 0 Å². The van der Waals surface area contributed by atoms with E-state index in [1.165, 1.54) is 63.4 Å². The van der Waals surface area contributed by atoms with Crippen molar-refractivity contribution in [3.8, 4) is 0 Å². The average molecular weight is 233 g/mol. The molecule has 1 aromatic rings. The van der Waals surface area contributed by atoms with Crippen LogP contribution in [-0.4, -0.2) is 4.57 Å². The van der Waals surface area contributed by atoms with E-state index in [0.29, 0.717) is 0 Å². The maximum Gasteiger partial charge on any atom is 0.0114 e. The largest absolute Gasteiger partial charge is 0.331 e. The van der Waals surface area contributed by atoms with Gasteiger partial charge in [0.25, 0.3) is 0 Å². The van der Waals surface area contributed by atoms with E-state index in [4.69, 9.17) is 0 Å². The first-order chi connectivity index (χ1) is 8.36. The summed E-state index contributed by atoms with van der Waals surface area (Å²) in [7, 11) is 0. The van der Waals surface area contributed by atoms with Gasteiger partial charge in [0.2, 0.25) is 0 Å². The van der Waals surface area contributed by atoms with E-state index in [9.17, 15) is 0 Å². The Labute approximate surface area is 107 Å². The van der Waals surface area contributed by atoms with E-state index in [-0.39, 0.29) is 0 Å². The zero-order valence-electron chi connectivity index (χ0n) is 11.3. The number of hydrogen-bond acceptors (Lipinski definition) is 0. The monoisotopic (exact) mass is 233 g/mol. The van der Waals surface area contributed by atoms with Crippen LogP contribution < -0.4 is 0 Å². The van der Waals surface area contributed by atoms with E-state index in [1.807, 2.05) is 10.8 Å². The minimum atomic E-state index is 1.22. The molecule has 0 unspecified atom stereocenters. The smallest absolute Gasteiger partial charge is 0.0114 e. The lowest BCUT2D eigenvalue weighted by molar-refractivity contribution is 0.575. The van der Waals surface area contributed by atoms with Crippen molar-refractivity contribution in [2.45, 2.75) is 64.7 Å². The van der Waals surface area contributed by atoms with Gasteiger partial charge in [-0.3, -0.25) is 0 Å². The van der Waals surface area contributed by atoms with Gasteiger partial charge in [-0.05, 0) is 24.5 Å². The Morgan fingerprint density at radius 3 is 2.29 bits per heavy atom. The lowest BCUT2D eigenvalue weighted by Gasteiger charge is -2.01. The molecule has 1 rings (SSSR count). The van der Waals surface area contributed by atoms with Gasteiger partial charge >= 0.3 is 0 Å². The van der Waals surface area contributed by atoms with Crippen LogP contribution in [0.25, 0.3) is 6.20 Å². The quantitative estimate of drug-likeness (QED) is 0.485. The van der Waals surface area contributed by atoms with Gasteiger partial charge in [0.05, 0.1) is 0 Å². The van der Waals surface area contributed by atoms with Gasteiger partial charge < -0.3 is 4.57 Å². The number of unbranched alkanes of at least 4 members (excludes halogenated alkanes) is 7. The zero-order chi connectivity index (χ0) is 12.3. The number of aryl methyl sites for hydroxylation is 1. The van der Waals surface area contributed by atoms with Crippen LogP contribution in [0.15, 0.2) is 25.0 Å². The SMILES string of the molecule is C=Cn1ccc(CCCCCCCCCC)c1. The van der Waals surface area contributed by atoms with Gasteiger partial charge in [-0.1, -0.05) is 58.4 Å². The molecule has 17 heavy (non-hydrogen) atoms. The van der Waals surface area contributed by atoms with Gasteiger partial charge in [0.1, 0.15) is 0 Å². The highest BCUT2D eigenvalue weighted by Gasteiger charge is 1.96. The second-order valence-corrected chi connectivity index (χ2v) is 4.87. The van der Waals surface area contributed by atoms with Crippen LogP contribution in [0.3, 0.4) is 0 Å². The lowest BCUT2D eigenvalue weighted by atomic mass is 10.1. The molecule has 0 radical (unpaired) electrons. The van der Waals surface area contributed by atoms with E-state index < -0.39 is 0 Å². The van der Waals surface area contributed by atoms with Gasteiger partial charge in [0, 0.05) is 18.6 Å². The fraction of sp³-hybridized carbons (Fsp3) is 0.625. The van der Waals surface area contributed by atoms with E-state index in [2.05, 4.69) is 32.0 Å². The molecule has 96 valence electrons. The maximum atomic E-state index is 3.75. The minimum absolute atomic E-state index is 1.22. The Kier molecular flexibility index (Phi) is 7.53. The van der Waals surface area contributed by atoms with Gasteiger partial charge in [0.15, 0.2) is 0 Å². The first-order valence-corrected chi connectivity index (χ1v) is 7.15. The molecule has 0 aromatic carbocycles. The molecule has 0 saturated heterocycles. The van der Waals surface area contributed by atoms with Crippen molar-refractivity contribution < 1.29 is 0 Å². The van der Waals surface area contributed by atoms with Crippen LogP contribution in [0.4, 0.5) is 0 Å². The molecule has 0 N–H and O–H groups in total. The molecule has 0 fully saturated rings. The summed E-state index contributed by atoms with van der Waals surface area (Å²) in [5, 5.41) is 0. The molecule has 0 bridgehead atoms. The Balaban J connectivity index is 1.95. The molecule has 0 amide bonds. The van der Waals surface area contributed by atoms with E-state index in [1.54, 1.807) is 0 Å². The highest BCUT2D eigenvalue weighted by Crippen LogP contribution is 2.11. The molecule has 1 heteroatoms. The maximum absolute atomic E-state index is 3.75. The molecular weight excluding hydrogens is 206 g/mol. The second kappa shape index (κ2) is 9.09. The van der Waals surface area contributed by atoms with Crippen molar-refractivity contribution in [1.29, 1.82) is 0 Å². The summed E-state index contributed by atoms with van der Waals surface area (Å²) in [6.45, 7) is 6.03. The molecule has 0 aliphatic carbocycles. The highest BCUT2D eigenvalue weighted by molar-refractivity contribution is 5.23. The number of aromatic nitrogens is 1. The lowest BCUT2D eigenvalue weighted by Crippen LogP contribution is -1.85. The third-order valence-corrected chi connectivity index (χ3v) is 3.31. The number of hydrogen-bond donors (Lipinski definition) is 0. The third kappa shape index (κ3) is 6.35. The average Bonchev–Trinajstić information content (AvgIpc) is 2.80. The molecule has 0 saturated carbocycles. The summed E-state index contributed by atoms with van der Waals surface area (Å²) in [5.74, 6) is 0. The van der Waals surface area contributed by atoms with Crippen molar-refractivity contribution in [2.75, 3.05) is 0 Å². The van der Waals surface area contributed by atoms with E-state index >= 15 is 0 Å². The van der Waals surface area contributed by atoms with Crippen molar-refractivity contribution in [3.63, 3.8) is 0 Å². The van der Waals surface area contributed by atoms with Gasteiger partial charge in [-0.15, -0.1) is 0 Å². The van der Waals surface area contributed by atoms with Crippen LogP contribution in [-0.2, 0) is 6.42 Å². The molecule has 0 spiro atoms. The summed E-state index contributed by atoms with van der Waals surface area (Å²) in [6, 6.07) is 2.20. The summed E-state index contributed by atoms with van der Waals surface area (Å²) < 4.78 is 2.03. The Morgan fingerprint density at radius 2 is 1.71 bits per heavy atom. The van der Waals surface area contributed by atoms with Crippen LogP contribution in [0.5, 0.6) is 0 Å². The minimum Gasteiger partial charge on any atom is -0.331 e. The van der Waals surface area contributed by atoms with Crippen LogP contribution in [0.1, 0.15) is 63.9 Å². The molecule has 1 aromatic heterocycles. The van der Waals surface area contributed by atoms with Gasteiger partial charge in [-0.25, -0.2) is 0 Å². The third-order valence-electron chi connectivity index (χ3n) is 3.31. The second-order valence-electron chi connectivity index (χ2n) is 4.87. The first-order valence-electron chi connectivity index (χ1n) is 7.15. The van der Waals surface area contributed by atoms with Crippen LogP contribution in [0, 0.1) is 0 Å². The van der Waals surface area contributed by atoms with Crippen molar-refractivity contribution in [2.24, 2.45) is 0 Å². The standard InChI is InChI=1S/C16H27N/c1-3-5-6-7-8-9-10-11-12-16-13-14-17(4-2)15-16/h4,13-15H,2-3,5-12H2,1H3. The molecule has 0 aliphatic rings. The highest BCUT2D eigenvalue weighted by atomic mass is 14.9. The predicted octanol–water partition coefficient (Wildman–Crippen LogP) is 5.27.